The zero-order valence-electron chi connectivity index (χ0n) is 8.35. The number of pyridine rings is 1. The van der Waals surface area contributed by atoms with Gasteiger partial charge < -0.3 is 5.73 Å². The zero-order chi connectivity index (χ0) is 11.5. The van der Waals surface area contributed by atoms with E-state index in [1.165, 1.54) is 6.08 Å². The first-order valence-electron chi connectivity index (χ1n) is 4.68. The minimum absolute atomic E-state index is 0.475. The molecule has 0 unspecified atom stereocenters. The molecule has 3 nitrogen and oxygen atoms in total. The normalized spacial score (nSPS) is 11.1. The Bertz CT molecular complexity index is 578. The number of hydrogen-bond acceptors (Lipinski definition) is 2. The van der Waals surface area contributed by atoms with Gasteiger partial charge in [-0.2, -0.15) is 0 Å². The summed E-state index contributed by atoms with van der Waals surface area (Å²) in [5.74, 6) is -0.475. The highest BCUT2D eigenvalue weighted by Gasteiger charge is 1.99. The van der Waals surface area contributed by atoms with Crippen molar-refractivity contribution in [2.75, 3.05) is 0 Å². The van der Waals surface area contributed by atoms with Crippen LogP contribution in [0.3, 0.4) is 0 Å². The van der Waals surface area contributed by atoms with E-state index in [9.17, 15) is 4.79 Å². The number of carbonyl (C=O) groups excluding carboxylic acids is 1. The highest BCUT2D eigenvalue weighted by molar-refractivity contribution is 6.35. The van der Waals surface area contributed by atoms with Gasteiger partial charge in [0.25, 0.3) is 0 Å². The second-order valence-corrected chi connectivity index (χ2v) is 3.71. The lowest BCUT2D eigenvalue weighted by molar-refractivity contribution is -0.113. The summed E-state index contributed by atoms with van der Waals surface area (Å²) in [7, 11) is 0. The Morgan fingerprint density at radius 3 is 2.94 bits per heavy atom. The fourth-order valence-corrected chi connectivity index (χ4v) is 1.62. The highest BCUT2D eigenvalue weighted by atomic mass is 35.5. The number of benzene rings is 1. The summed E-state index contributed by atoms with van der Waals surface area (Å²) in [6, 6.07) is 7.29. The summed E-state index contributed by atoms with van der Waals surface area (Å²) in [6.07, 6.45) is 4.61. The number of rotatable bonds is 2. The molecule has 0 fully saturated rings. The lowest BCUT2D eigenvalue weighted by atomic mass is 10.1. The summed E-state index contributed by atoms with van der Waals surface area (Å²) in [6.45, 7) is 0. The van der Waals surface area contributed by atoms with Crippen molar-refractivity contribution in [1.29, 1.82) is 0 Å². The molecule has 1 heterocycles. The Morgan fingerprint density at radius 1 is 1.38 bits per heavy atom. The number of nitrogens with zero attached hydrogens (tertiary/aromatic N) is 1. The number of hydrogen-bond donors (Lipinski definition) is 1. The van der Waals surface area contributed by atoms with Gasteiger partial charge in [0.05, 0.1) is 10.5 Å². The molecule has 0 saturated carbocycles. The zero-order valence-corrected chi connectivity index (χ0v) is 9.11. The van der Waals surface area contributed by atoms with E-state index in [1.54, 1.807) is 18.3 Å². The van der Waals surface area contributed by atoms with E-state index in [0.29, 0.717) is 5.02 Å². The van der Waals surface area contributed by atoms with Crippen molar-refractivity contribution in [3.05, 3.63) is 47.1 Å². The van der Waals surface area contributed by atoms with Gasteiger partial charge in [0.15, 0.2) is 0 Å². The van der Waals surface area contributed by atoms with Crippen LogP contribution in [0.1, 0.15) is 5.56 Å². The van der Waals surface area contributed by atoms with Crippen LogP contribution in [0.4, 0.5) is 0 Å². The van der Waals surface area contributed by atoms with Crippen LogP contribution in [0.25, 0.3) is 17.0 Å². The van der Waals surface area contributed by atoms with Gasteiger partial charge in [-0.05, 0) is 29.8 Å². The van der Waals surface area contributed by atoms with E-state index in [1.807, 2.05) is 18.2 Å². The van der Waals surface area contributed by atoms with Crippen LogP contribution in [0, 0.1) is 0 Å². The van der Waals surface area contributed by atoms with Crippen molar-refractivity contribution >= 4 is 34.5 Å². The molecule has 4 heteroatoms. The van der Waals surface area contributed by atoms with Gasteiger partial charge in [0, 0.05) is 17.7 Å². The molecule has 0 atom stereocenters. The molecule has 0 aliphatic rings. The fourth-order valence-electron chi connectivity index (χ4n) is 1.41. The van der Waals surface area contributed by atoms with Crippen molar-refractivity contribution < 1.29 is 4.79 Å². The third-order valence-corrected chi connectivity index (χ3v) is 2.48. The second-order valence-electron chi connectivity index (χ2n) is 3.31. The van der Waals surface area contributed by atoms with E-state index in [0.717, 1.165) is 16.5 Å². The summed E-state index contributed by atoms with van der Waals surface area (Å²) < 4.78 is 0. The van der Waals surface area contributed by atoms with Crippen molar-refractivity contribution in [1.82, 2.24) is 4.98 Å². The number of aromatic nitrogens is 1. The van der Waals surface area contributed by atoms with Gasteiger partial charge in [0.2, 0.25) is 5.91 Å². The van der Waals surface area contributed by atoms with Crippen molar-refractivity contribution in [3.63, 3.8) is 0 Å². The largest absolute Gasteiger partial charge is 0.366 e. The molecule has 2 rings (SSSR count). The van der Waals surface area contributed by atoms with Crippen LogP contribution >= 0.6 is 11.6 Å². The number of halogens is 1. The number of nitrogens with two attached hydrogens (primary N) is 1. The first-order valence-corrected chi connectivity index (χ1v) is 5.06. The van der Waals surface area contributed by atoms with E-state index >= 15 is 0 Å². The van der Waals surface area contributed by atoms with Crippen molar-refractivity contribution in [3.8, 4) is 0 Å². The monoisotopic (exact) mass is 232 g/mol. The molecule has 1 amide bonds. The van der Waals surface area contributed by atoms with Gasteiger partial charge >= 0.3 is 0 Å². The molecule has 0 radical (unpaired) electrons. The quantitative estimate of drug-likeness (QED) is 0.809. The smallest absolute Gasteiger partial charge is 0.241 e. The second kappa shape index (κ2) is 4.33. The molecule has 0 aliphatic heterocycles. The molecular formula is C12H9ClN2O. The molecule has 0 spiro atoms. The third kappa shape index (κ3) is 2.20. The molecule has 0 saturated heterocycles. The molecule has 0 bridgehead atoms. The van der Waals surface area contributed by atoms with Crippen LogP contribution in [-0.2, 0) is 4.79 Å². The van der Waals surface area contributed by atoms with Gasteiger partial charge in [0.1, 0.15) is 0 Å². The molecular weight excluding hydrogens is 224 g/mol. The standard InChI is InChI=1S/C12H9ClN2O/c13-10-5-6-15-11-3-1-8(7-9(10)11)2-4-12(14)16/h1-7H,(H2,14,16). The van der Waals surface area contributed by atoms with Crippen LogP contribution in [0.15, 0.2) is 36.5 Å². The maximum atomic E-state index is 10.6. The number of amides is 1. The summed E-state index contributed by atoms with van der Waals surface area (Å²) in [5.41, 5.74) is 6.70. The minimum atomic E-state index is -0.475. The highest BCUT2D eigenvalue weighted by Crippen LogP contribution is 2.22. The molecule has 1 aromatic heterocycles. The molecule has 1 aromatic carbocycles. The molecule has 2 aromatic rings. The number of fused-ring (bicyclic) bond motifs is 1. The first-order chi connectivity index (χ1) is 7.66. The topological polar surface area (TPSA) is 56.0 Å². The van der Waals surface area contributed by atoms with E-state index < -0.39 is 5.91 Å². The maximum absolute atomic E-state index is 10.6. The Hall–Kier alpha value is -1.87. The molecule has 0 aliphatic carbocycles. The predicted molar refractivity (Wildman–Crippen MR) is 65.0 cm³/mol. The fraction of sp³-hybridized carbons (Fsp3) is 0. The Morgan fingerprint density at radius 2 is 2.19 bits per heavy atom. The van der Waals surface area contributed by atoms with E-state index in [2.05, 4.69) is 4.98 Å². The number of primary amides is 1. The maximum Gasteiger partial charge on any atom is 0.241 e. The van der Waals surface area contributed by atoms with Crippen LogP contribution in [0.2, 0.25) is 5.02 Å². The molecule has 2 N–H and O–H groups in total. The average Bonchev–Trinajstić information content (AvgIpc) is 2.27. The summed E-state index contributed by atoms with van der Waals surface area (Å²) in [4.78, 5) is 14.8. The van der Waals surface area contributed by atoms with Crippen LogP contribution in [-0.4, -0.2) is 10.9 Å². The van der Waals surface area contributed by atoms with Gasteiger partial charge in [-0.3, -0.25) is 9.78 Å². The third-order valence-electron chi connectivity index (χ3n) is 2.15. The van der Waals surface area contributed by atoms with Crippen LogP contribution < -0.4 is 5.73 Å². The Labute approximate surface area is 97.5 Å². The molecule has 16 heavy (non-hydrogen) atoms. The Kier molecular flexibility index (Phi) is 2.88. The van der Waals surface area contributed by atoms with Gasteiger partial charge in [-0.25, -0.2) is 0 Å². The van der Waals surface area contributed by atoms with Gasteiger partial charge in [-0.15, -0.1) is 0 Å². The van der Waals surface area contributed by atoms with E-state index in [4.69, 9.17) is 17.3 Å². The van der Waals surface area contributed by atoms with Crippen molar-refractivity contribution in [2.24, 2.45) is 5.73 Å². The Balaban J connectivity index is 2.51. The first kappa shape index (κ1) is 10.6. The van der Waals surface area contributed by atoms with Crippen LogP contribution in [0.5, 0.6) is 0 Å². The SMILES string of the molecule is NC(=O)C=Cc1ccc2nccc(Cl)c2c1. The number of carbonyl (C=O) groups is 1. The lowest BCUT2D eigenvalue weighted by Crippen LogP contribution is -2.05. The van der Waals surface area contributed by atoms with Gasteiger partial charge in [-0.1, -0.05) is 17.7 Å². The summed E-state index contributed by atoms with van der Waals surface area (Å²) in [5, 5.41) is 1.50. The average molecular weight is 233 g/mol. The summed E-state index contributed by atoms with van der Waals surface area (Å²) >= 11 is 6.04. The predicted octanol–water partition coefficient (Wildman–Crippen LogP) is 2.39. The minimum Gasteiger partial charge on any atom is -0.366 e. The van der Waals surface area contributed by atoms with E-state index in [-0.39, 0.29) is 0 Å². The van der Waals surface area contributed by atoms with Crippen molar-refractivity contribution in [2.45, 2.75) is 0 Å². The molecule has 80 valence electrons. The lowest BCUT2D eigenvalue weighted by Gasteiger charge is -2.00.